The lowest BCUT2D eigenvalue weighted by atomic mass is 9.82. The number of thiazole rings is 1. The SMILES string of the molecule is CC(C)C(O)(C(=O)Nc1ccc2[nH]c(-c3cscn3)nc2c1)c1ccccc1. The van der Waals surface area contributed by atoms with Crippen molar-refractivity contribution in [2.45, 2.75) is 19.4 Å². The molecule has 7 heteroatoms. The third-order valence-electron chi connectivity index (χ3n) is 4.81. The molecule has 0 aliphatic heterocycles. The monoisotopic (exact) mass is 392 g/mol. The van der Waals surface area contributed by atoms with E-state index in [9.17, 15) is 9.90 Å². The van der Waals surface area contributed by atoms with Crippen LogP contribution in [-0.4, -0.2) is 26.0 Å². The van der Waals surface area contributed by atoms with Crippen molar-refractivity contribution in [2.24, 2.45) is 5.92 Å². The molecule has 2 aromatic carbocycles. The van der Waals surface area contributed by atoms with Crippen molar-refractivity contribution in [3.63, 3.8) is 0 Å². The minimum absolute atomic E-state index is 0.305. The zero-order valence-corrected chi connectivity index (χ0v) is 16.3. The van der Waals surface area contributed by atoms with Crippen molar-refractivity contribution in [2.75, 3.05) is 5.32 Å². The largest absolute Gasteiger partial charge is 0.375 e. The Morgan fingerprint density at radius 3 is 2.68 bits per heavy atom. The maximum absolute atomic E-state index is 13.0. The lowest BCUT2D eigenvalue weighted by Gasteiger charge is -2.31. The molecule has 0 fully saturated rings. The second-order valence-electron chi connectivity index (χ2n) is 6.93. The molecular weight excluding hydrogens is 372 g/mol. The van der Waals surface area contributed by atoms with Crippen molar-refractivity contribution in [1.29, 1.82) is 0 Å². The van der Waals surface area contributed by atoms with Crippen LogP contribution in [-0.2, 0) is 10.4 Å². The minimum atomic E-state index is -1.63. The normalized spacial score (nSPS) is 13.6. The van der Waals surface area contributed by atoms with Gasteiger partial charge in [-0.1, -0.05) is 44.2 Å². The molecule has 0 aliphatic carbocycles. The van der Waals surface area contributed by atoms with Crippen LogP contribution >= 0.6 is 11.3 Å². The van der Waals surface area contributed by atoms with Gasteiger partial charge in [-0.05, 0) is 29.7 Å². The van der Waals surface area contributed by atoms with Crippen LogP contribution in [0.4, 0.5) is 5.69 Å². The van der Waals surface area contributed by atoms with E-state index in [0.29, 0.717) is 22.6 Å². The van der Waals surface area contributed by atoms with Gasteiger partial charge in [0.2, 0.25) is 0 Å². The van der Waals surface area contributed by atoms with Gasteiger partial charge in [-0.2, -0.15) is 0 Å². The van der Waals surface area contributed by atoms with Gasteiger partial charge < -0.3 is 15.4 Å². The molecule has 2 heterocycles. The van der Waals surface area contributed by atoms with Crippen LogP contribution in [0.1, 0.15) is 19.4 Å². The van der Waals surface area contributed by atoms with Crippen LogP contribution < -0.4 is 5.32 Å². The molecule has 0 radical (unpaired) electrons. The van der Waals surface area contributed by atoms with Crippen molar-refractivity contribution in [3.8, 4) is 11.5 Å². The van der Waals surface area contributed by atoms with Crippen LogP contribution in [0, 0.1) is 5.92 Å². The summed E-state index contributed by atoms with van der Waals surface area (Å²) >= 11 is 1.50. The van der Waals surface area contributed by atoms with Crippen molar-refractivity contribution in [1.82, 2.24) is 15.0 Å². The van der Waals surface area contributed by atoms with E-state index in [0.717, 1.165) is 11.2 Å². The molecule has 0 spiro atoms. The molecule has 142 valence electrons. The Labute approximate surface area is 166 Å². The molecule has 1 unspecified atom stereocenters. The van der Waals surface area contributed by atoms with Gasteiger partial charge >= 0.3 is 0 Å². The third-order valence-corrected chi connectivity index (χ3v) is 5.40. The minimum Gasteiger partial charge on any atom is -0.375 e. The fourth-order valence-corrected chi connectivity index (χ4v) is 3.72. The molecule has 3 N–H and O–H groups in total. The zero-order valence-electron chi connectivity index (χ0n) is 15.5. The number of H-pyrrole nitrogens is 1. The topological polar surface area (TPSA) is 90.9 Å². The van der Waals surface area contributed by atoms with Gasteiger partial charge in [0.25, 0.3) is 5.91 Å². The van der Waals surface area contributed by atoms with Gasteiger partial charge in [-0.3, -0.25) is 4.79 Å². The highest BCUT2D eigenvalue weighted by atomic mass is 32.1. The first-order valence-corrected chi connectivity index (χ1v) is 9.90. The van der Waals surface area contributed by atoms with E-state index in [2.05, 4.69) is 20.3 Å². The number of aromatic nitrogens is 3. The van der Waals surface area contributed by atoms with Crippen LogP contribution in [0.25, 0.3) is 22.6 Å². The Kier molecular flexibility index (Phi) is 4.70. The number of amides is 1. The van der Waals surface area contributed by atoms with E-state index in [1.54, 1.807) is 29.8 Å². The summed E-state index contributed by atoms with van der Waals surface area (Å²) < 4.78 is 0. The first-order chi connectivity index (χ1) is 13.5. The highest BCUT2D eigenvalue weighted by molar-refractivity contribution is 7.07. The van der Waals surface area contributed by atoms with Gasteiger partial charge in [0, 0.05) is 11.1 Å². The number of benzene rings is 2. The number of nitrogens with one attached hydrogen (secondary N) is 2. The van der Waals surface area contributed by atoms with E-state index in [1.165, 1.54) is 11.3 Å². The Hall–Kier alpha value is -3.03. The summed E-state index contributed by atoms with van der Waals surface area (Å²) in [5.74, 6) is -0.0914. The molecule has 6 nitrogen and oxygen atoms in total. The number of rotatable bonds is 5. The Morgan fingerprint density at radius 1 is 1.21 bits per heavy atom. The second kappa shape index (κ2) is 7.18. The number of hydrogen-bond donors (Lipinski definition) is 3. The van der Waals surface area contributed by atoms with Gasteiger partial charge in [0.15, 0.2) is 11.4 Å². The van der Waals surface area contributed by atoms with Crippen LogP contribution in [0.3, 0.4) is 0 Å². The highest BCUT2D eigenvalue weighted by Gasteiger charge is 2.41. The average Bonchev–Trinajstić information content (AvgIpc) is 3.36. The number of carbonyl (C=O) groups is 1. The van der Waals surface area contributed by atoms with E-state index < -0.39 is 11.5 Å². The number of hydrogen-bond acceptors (Lipinski definition) is 5. The van der Waals surface area contributed by atoms with Gasteiger partial charge in [-0.15, -0.1) is 11.3 Å². The average molecular weight is 392 g/mol. The molecule has 0 bridgehead atoms. The van der Waals surface area contributed by atoms with E-state index in [4.69, 9.17) is 0 Å². The predicted molar refractivity (Wildman–Crippen MR) is 111 cm³/mol. The Balaban J connectivity index is 1.64. The van der Waals surface area contributed by atoms with Gasteiger partial charge in [-0.25, -0.2) is 9.97 Å². The number of aromatic amines is 1. The number of nitrogens with zero attached hydrogens (tertiary/aromatic N) is 2. The molecule has 4 rings (SSSR count). The van der Waals surface area contributed by atoms with Crippen molar-refractivity contribution < 1.29 is 9.90 Å². The summed E-state index contributed by atoms with van der Waals surface area (Å²) in [5.41, 5.74) is 3.61. The maximum Gasteiger partial charge on any atom is 0.261 e. The highest BCUT2D eigenvalue weighted by Crippen LogP contribution is 2.31. The molecule has 28 heavy (non-hydrogen) atoms. The van der Waals surface area contributed by atoms with Crippen molar-refractivity contribution >= 4 is 34.0 Å². The first kappa shape index (κ1) is 18.3. The zero-order chi connectivity index (χ0) is 19.7. The van der Waals surface area contributed by atoms with Gasteiger partial charge in [0.1, 0.15) is 5.69 Å². The number of aliphatic hydroxyl groups is 1. The molecule has 0 aliphatic rings. The van der Waals surface area contributed by atoms with Crippen molar-refractivity contribution in [3.05, 3.63) is 65.0 Å². The van der Waals surface area contributed by atoms with E-state index >= 15 is 0 Å². The Morgan fingerprint density at radius 2 is 2.00 bits per heavy atom. The fourth-order valence-electron chi connectivity index (χ4n) is 3.18. The number of fused-ring (bicyclic) bond motifs is 1. The predicted octanol–water partition coefficient (Wildman–Crippen LogP) is 4.17. The molecule has 4 aromatic rings. The lowest BCUT2D eigenvalue weighted by molar-refractivity contribution is -0.140. The standard InChI is InChI=1S/C21H20N4O2S/c1-13(2)21(27,14-6-4-3-5-7-14)20(26)23-15-8-9-16-17(10-15)25-19(24-16)18-11-28-12-22-18/h3-13,27H,1-2H3,(H,23,26)(H,24,25). The second-order valence-corrected chi connectivity index (χ2v) is 7.65. The lowest BCUT2D eigenvalue weighted by Crippen LogP contribution is -2.44. The molecule has 0 saturated heterocycles. The summed E-state index contributed by atoms with van der Waals surface area (Å²) in [6, 6.07) is 14.4. The number of anilines is 1. The van der Waals surface area contributed by atoms with E-state index in [1.807, 2.05) is 43.5 Å². The molecule has 2 aromatic heterocycles. The quantitative estimate of drug-likeness (QED) is 0.475. The van der Waals surface area contributed by atoms with Gasteiger partial charge in [0.05, 0.1) is 16.5 Å². The maximum atomic E-state index is 13.0. The summed E-state index contributed by atoms with van der Waals surface area (Å²) in [7, 11) is 0. The van der Waals surface area contributed by atoms with Crippen LogP contribution in [0.2, 0.25) is 0 Å². The van der Waals surface area contributed by atoms with E-state index in [-0.39, 0.29) is 5.92 Å². The molecule has 1 atom stereocenters. The third kappa shape index (κ3) is 3.19. The molecular formula is C21H20N4O2S. The summed E-state index contributed by atoms with van der Waals surface area (Å²) in [4.78, 5) is 25.0. The molecule has 1 amide bonds. The number of carbonyl (C=O) groups excluding carboxylic acids is 1. The Bertz CT molecular complexity index is 1110. The van der Waals surface area contributed by atoms with Crippen LogP contribution in [0.15, 0.2) is 59.4 Å². The summed E-state index contributed by atoms with van der Waals surface area (Å²) in [6.07, 6.45) is 0. The first-order valence-electron chi connectivity index (χ1n) is 8.96. The molecule has 0 saturated carbocycles. The fraction of sp³-hybridized carbons (Fsp3) is 0.190. The summed E-state index contributed by atoms with van der Waals surface area (Å²) in [5, 5.41) is 16.0. The van der Waals surface area contributed by atoms with Crippen LogP contribution in [0.5, 0.6) is 0 Å². The smallest absolute Gasteiger partial charge is 0.261 e. The number of imidazole rings is 1. The summed E-state index contributed by atoms with van der Waals surface area (Å²) in [6.45, 7) is 3.65.